The molecule has 74 valence electrons. The zero-order valence-corrected chi connectivity index (χ0v) is 8.52. The summed E-state index contributed by atoms with van der Waals surface area (Å²) in [5.74, 6) is 2.25. The Labute approximate surface area is 81.3 Å². The van der Waals surface area contributed by atoms with E-state index in [-0.39, 0.29) is 0 Å². The summed E-state index contributed by atoms with van der Waals surface area (Å²) in [6.07, 6.45) is 10.7. The van der Waals surface area contributed by atoms with E-state index in [1.807, 2.05) is 0 Å². The fourth-order valence-corrected chi connectivity index (χ4v) is 3.79. The zero-order valence-electron chi connectivity index (χ0n) is 8.52. The van der Waals surface area contributed by atoms with Gasteiger partial charge in [0.05, 0.1) is 0 Å². The molecule has 1 aliphatic heterocycles. The summed E-state index contributed by atoms with van der Waals surface area (Å²) in [5, 5.41) is 3.49. The molecule has 0 amide bonds. The Kier molecular flexibility index (Phi) is 1.90. The van der Waals surface area contributed by atoms with E-state index in [4.69, 9.17) is 0 Å². The van der Waals surface area contributed by atoms with Crippen molar-refractivity contribution in [3.8, 4) is 0 Å². The molecule has 0 atom stereocenters. The molecule has 0 aromatic rings. The molecular weight excluding hydrogens is 158 g/mol. The van der Waals surface area contributed by atoms with Crippen molar-refractivity contribution in [2.45, 2.75) is 44.9 Å². The molecule has 1 saturated heterocycles. The molecule has 13 heavy (non-hydrogen) atoms. The second-order valence-electron chi connectivity index (χ2n) is 5.39. The molecule has 0 aromatic carbocycles. The van der Waals surface area contributed by atoms with Gasteiger partial charge in [-0.2, -0.15) is 0 Å². The Morgan fingerprint density at radius 2 is 1.46 bits per heavy atom. The van der Waals surface area contributed by atoms with Crippen LogP contribution in [0.15, 0.2) is 0 Å². The lowest BCUT2D eigenvalue weighted by Crippen LogP contribution is -2.44. The highest BCUT2D eigenvalue weighted by molar-refractivity contribution is 5.03. The van der Waals surface area contributed by atoms with E-state index in [1.54, 1.807) is 25.7 Å². The number of rotatable bonds is 2. The first kappa shape index (κ1) is 8.28. The third-order valence-electron chi connectivity index (χ3n) is 4.83. The monoisotopic (exact) mass is 179 g/mol. The lowest BCUT2D eigenvalue weighted by atomic mass is 9.56. The Hall–Kier alpha value is -0.0400. The average Bonchev–Trinajstić information content (AvgIpc) is 2.89. The van der Waals surface area contributed by atoms with Crippen molar-refractivity contribution >= 4 is 0 Å². The molecule has 0 radical (unpaired) electrons. The van der Waals surface area contributed by atoms with Gasteiger partial charge in [-0.1, -0.05) is 6.42 Å². The summed E-state index contributed by atoms with van der Waals surface area (Å²) < 4.78 is 0. The van der Waals surface area contributed by atoms with Crippen LogP contribution in [0.1, 0.15) is 44.9 Å². The van der Waals surface area contributed by atoms with Crippen LogP contribution in [0.25, 0.3) is 0 Å². The third-order valence-corrected chi connectivity index (χ3v) is 4.83. The summed E-state index contributed by atoms with van der Waals surface area (Å²) in [5.41, 5.74) is 0.863. The fourth-order valence-electron chi connectivity index (χ4n) is 3.79. The van der Waals surface area contributed by atoms with Crippen molar-refractivity contribution < 1.29 is 0 Å². The molecule has 1 N–H and O–H groups in total. The maximum Gasteiger partial charge on any atom is -0.00461 e. The quantitative estimate of drug-likeness (QED) is 0.687. The van der Waals surface area contributed by atoms with E-state index in [0.29, 0.717) is 0 Å². The van der Waals surface area contributed by atoms with Gasteiger partial charge in [-0.3, -0.25) is 0 Å². The molecular formula is C12H21N. The van der Waals surface area contributed by atoms with Gasteiger partial charge in [0.1, 0.15) is 0 Å². The number of nitrogens with one attached hydrogen (secondary N) is 1. The van der Waals surface area contributed by atoms with Crippen LogP contribution in [-0.2, 0) is 0 Å². The highest BCUT2D eigenvalue weighted by atomic mass is 14.9. The first-order valence-electron chi connectivity index (χ1n) is 6.12. The highest BCUT2D eigenvalue weighted by Gasteiger charge is 2.53. The van der Waals surface area contributed by atoms with E-state index in [2.05, 4.69) is 5.32 Å². The Morgan fingerprint density at radius 3 is 1.92 bits per heavy atom. The molecule has 1 heterocycles. The van der Waals surface area contributed by atoms with Crippen molar-refractivity contribution in [2.24, 2.45) is 17.3 Å². The minimum atomic E-state index is 0.863. The molecule has 1 heteroatoms. The molecule has 2 aliphatic carbocycles. The van der Waals surface area contributed by atoms with Gasteiger partial charge < -0.3 is 5.32 Å². The Bertz CT molecular complexity index is 185. The van der Waals surface area contributed by atoms with Crippen LogP contribution in [-0.4, -0.2) is 13.1 Å². The van der Waals surface area contributed by atoms with Gasteiger partial charge in [-0.25, -0.2) is 0 Å². The van der Waals surface area contributed by atoms with Crippen LogP contribution < -0.4 is 5.32 Å². The maximum absolute atomic E-state index is 3.49. The number of piperidine rings is 1. The molecule has 0 unspecified atom stereocenters. The Morgan fingerprint density at radius 1 is 0.846 bits per heavy atom. The first-order valence-corrected chi connectivity index (χ1v) is 6.12. The second-order valence-corrected chi connectivity index (χ2v) is 5.39. The molecule has 3 rings (SSSR count). The van der Waals surface area contributed by atoms with E-state index in [0.717, 1.165) is 17.3 Å². The van der Waals surface area contributed by atoms with Crippen LogP contribution in [0.4, 0.5) is 0 Å². The van der Waals surface area contributed by atoms with Crippen molar-refractivity contribution in [2.75, 3.05) is 13.1 Å². The van der Waals surface area contributed by atoms with E-state index in [1.165, 1.54) is 32.4 Å². The van der Waals surface area contributed by atoms with Crippen molar-refractivity contribution in [1.29, 1.82) is 0 Å². The average molecular weight is 179 g/mol. The van der Waals surface area contributed by atoms with Gasteiger partial charge >= 0.3 is 0 Å². The number of hydrogen-bond donors (Lipinski definition) is 1. The highest BCUT2D eigenvalue weighted by Crippen LogP contribution is 2.62. The van der Waals surface area contributed by atoms with Gasteiger partial charge in [-0.15, -0.1) is 0 Å². The summed E-state index contributed by atoms with van der Waals surface area (Å²) in [7, 11) is 0. The van der Waals surface area contributed by atoms with Crippen LogP contribution in [0.2, 0.25) is 0 Å². The van der Waals surface area contributed by atoms with Crippen molar-refractivity contribution in [3.05, 3.63) is 0 Å². The molecule has 3 fully saturated rings. The van der Waals surface area contributed by atoms with Gasteiger partial charge in [0, 0.05) is 0 Å². The predicted molar refractivity (Wildman–Crippen MR) is 54.6 cm³/mol. The Balaban J connectivity index is 1.71. The van der Waals surface area contributed by atoms with Gasteiger partial charge in [-0.05, 0) is 68.9 Å². The SMILES string of the molecule is C1CC(C2CCNCC2)(C2CC2)C1. The van der Waals surface area contributed by atoms with Crippen LogP contribution >= 0.6 is 0 Å². The third kappa shape index (κ3) is 1.24. The van der Waals surface area contributed by atoms with Gasteiger partial charge in [0.15, 0.2) is 0 Å². The normalized spacial score (nSPS) is 34.2. The van der Waals surface area contributed by atoms with Crippen LogP contribution in [0, 0.1) is 17.3 Å². The lowest BCUT2D eigenvalue weighted by molar-refractivity contribution is 0.00581. The van der Waals surface area contributed by atoms with E-state index >= 15 is 0 Å². The fraction of sp³-hybridized carbons (Fsp3) is 1.00. The van der Waals surface area contributed by atoms with E-state index in [9.17, 15) is 0 Å². The molecule has 3 aliphatic rings. The summed E-state index contributed by atoms with van der Waals surface area (Å²) in [4.78, 5) is 0. The van der Waals surface area contributed by atoms with Crippen molar-refractivity contribution in [3.63, 3.8) is 0 Å². The van der Waals surface area contributed by atoms with Gasteiger partial charge in [0.25, 0.3) is 0 Å². The molecule has 1 nitrogen and oxygen atoms in total. The lowest BCUT2D eigenvalue weighted by Gasteiger charge is -2.50. The van der Waals surface area contributed by atoms with Crippen molar-refractivity contribution in [1.82, 2.24) is 5.32 Å². The van der Waals surface area contributed by atoms with Crippen LogP contribution in [0.3, 0.4) is 0 Å². The molecule has 2 saturated carbocycles. The molecule has 0 aromatic heterocycles. The largest absolute Gasteiger partial charge is 0.317 e. The summed E-state index contributed by atoms with van der Waals surface area (Å²) in [6, 6.07) is 0. The topological polar surface area (TPSA) is 12.0 Å². The smallest absolute Gasteiger partial charge is 0.00461 e. The van der Waals surface area contributed by atoms with E-state index < -0.39 is 0 Å². The molecule has 0 spiro atoms. The molecule has 0 bridgehead atoms. The second kappa shape index (κ2) is 2.98. The summed E-state index contributed by atoms with van der Waals surface area (Å²) >= 11 is 0. The first-order chi connectivity index (χ1) is 6.42. The summed E-state index contributed by atoms with van der Waals surface area (Å²) in [6.45, 7) is 2.58. The minimum absolute atomic E-state index is 0.863. The predicted octanol–water partition coefficient (Wildman–Crippen LogP) is 2.57. The van der Waals surface area contributed by atoms with Gasteiger partial charge in [0.2, 0.25) is 0 Å². The standard InChI is InChI=1S/C12H21N/c1-6-12(7-1,10-2-3-10)11-4-8-13-9-5-11/h10-11,13H,1-9H2. The number of hydrogen-bond acceptors (Lipinski definition) is 1. The minimum Gasteiger partial charge on any atom is -0.317 e. The van der Waals surface area contributed by atoms with Crippen LogP contribution in [0.5, 0.6) is 0 Å². The zero-order chi connectivity index (χ0) is 8.73. The maximum atomic E-state index is 3.49.